The smallest absolute Gasteiger partial charge is 0.237 e. The summed E-state index contributed by atoms with van der Waals surface area (Å²) in [4.78, 5) is 15.8. The van der Waals surface area contributed by atoms with Crippen LogP contribution in [0.25, 0.3) is 0 Å². The molecule has 1 fully saturated rings. The largest absolute Gasteiger partial charge is 0.341 e. The highest BCUT2D eigenvalue weighted by Crippen LogP contribution is 2.18. The van der Waals surface area contributed by atoms with Crippen molar-refractivity contribution in [1.82, 2.24) is 9.80 Å². The molecule has 0 aliphatic carbocycles. The first-order chi connectivity index (χ1) is 7.54. The van der Waals surface area contributed by atoms with E-state index in [9.17, 15) is 4.79 Å². The Morgan fingerprint density at radius 1 is 1.56 bits per heavy atom. The Morgan fingerprint density at radius 3 is 2.81 bits per heavy atom. The molecule has 1 aliphatic rings. The second-order valence-corrected chi connectivity index (χ2v) is 5.28. The normalized spacial score (nSPS) is 21.9. The molecule has 1 heterocycles. The summed E-state index contributed by atoms with van der Waals surface area (Å²) in [6.45, 7) is 7.23. The number of alkyl halides is 1. The summed E-state index contributed by atoms with van der Waals surface area (Å²) in [6, 6.07) is 0.569. The molecule has 0 unspecified atom stereocenters. The highest BCUT2D eigenvalue weighted by Gasteiger charge is 2.24. The number of hydrogen-bond acceptors (Lipinski definition) is 2. The van der Waals surface area contributed by atoms with Gasteiger partial charge in [0.1, 0.15) is 5.88 Å². The van der Waals surface area contributed by atoms with E-state index < -0.39 is 0 Å². The van der Waals surface area contributed by atoms with Gasteiger partial charge in [0.15, 0.2) is 0 Å². The van der Waals surface area contributed by atoms with Crippen LogP contribution in [0, 0.1) is 5.92 Å². The molecule has 0 bridgehead atoms. The van der Waals surface area contributed by atoms with Gasteiger partial charge in [-0.2, -0.15) is 0 Å². The van der Waals surface area contributed by atoms with E-state index in [4.69, 9.17) is 11.6 Å². The van der Waals surface area contributed by atoms with Gasteiger partial charge in [-0.15, -0.1) is 11.6 Å². The molecule has 1 aliphatic heterocycles. The third-order valence-electron chi connectivity index (χ3n) is 3.41. The summed E-state index contributed by atoms with van der Waals surface area (Å²) >= 11 is 5.59. The monoisotopic (exact) mass is 246 g/mol. The van der Waals surface area contributed by atoms with Gasteiger partial charge >= 0.3 is 0 Å². The van der Waals surface area contributed by atoms with Gasteiger partial charge in [0.2, 0.25) is 5.91 Å². The Balaban J connectivity index is 2.41. The minimum atomic E-state index is 0.0820. The number of piperidine rings is 1. The molecule has 1 rings (SSSR count). The van der Waals surface area contributed by atoms with Crippen LogP contribution in [0.1, 0.15) is 26.7 Å². The number of halogens is 1. The fraction of sp³-hybridized carbons (Fsp3) is 0.917. The van der Waals surface area contributed by atoms with Gasteiger partial charge in [-0.1, -0.05) is 0 Å². The number of hydrogen-bond donors (Lipinski definition) is 0. The molecule has 1 atom stereocenters. The lowest BCUT2D eigenvalue weighted by molar-refractivity contribution is -0.130. The third-order valence-corrected chi connectivity index (χ3v) is 3.64. The maximum atomic E-state index is 11.5. The lowest BCUT2D eigenvalue weighted by atomic mass is 9.97. The van der Waals surface area contributed by atoms with Crippen molar-refractivity contribution in [1.29, 1.82) is 0 Å². The molecular weight excluding hydrogens is 224 g/mol. The van der Waals surface area contributed by atoms with E-state index in [1.807, 2.05) is 4.90 Å². The van der Waals surface area contributed by atoms with E-state index in [1.165, 1.54) is 6.42 Å². The molecule has 16 heavy (non-hydrogen) atoms. The maximum Gasteiger partial charge on any atom is 0.237 e. The Kier molecular flexibility index (Phi) is 5.56. The summed E-state index contributed by atoms with van der Waals surface area (Å²) in [5, 5.41) is 0. The summed E-state index contributed by atoms with van der Waals surface area (Å²) in [7, 11) is 2.15. The van der Waals surface area contributed by atoms with Gasteiger partial charge in [-0.3, -0.25) is 4.79 Å². The van der Waals surface area contributed by atoms with E-state index in [-0.39, 0.29) is 11.8 Å². The SMILES string of the molecule is CC(C)N(C)C[C@@H]1CCCN(C(=O)CCl)C1. The molecule has 1 saturated heterocycles. The first-order valence-electron chi connectivity index (χ1n) is 6.08. The summed E-state index contributed by atoms with van der Waals surface area (Å²) < 4.78 is 0. The Morgan fingerprint density at radius 2 is 2.25 bits per heavy atom. The van der Waals surface area contributed by atoms with E-state index >= 15 is 0 Å². The lowest BCUT2D eigenvalue weighted by Gasteiger charge is -2.35. The minimum absolute atomic E-state index is 0.0820. The zero-order valence-electron chi connectivity index (χ0n) is 10.6. The zero-order chi connectivity index (χ0) is 12.1. The zero-order valence-corrected chi connectivity index (χ0v) is 11.3. The van der Waals surface area contributed by atoms with Crippen molar-refractivity contribution in [2.45, 2.75) is 32.7 Å². The van der Waals surface area contributed by atoms with Crippen LogP contribution >= 0.6 is 11.6 Å². The minimum Gasteiger partial charge on any atom is -0.341 e. The molecule has 3 nitrogen and oxygen atoms in total. The molecule has 4 heteroatoms. The molecule has 0 saturated carbocycles. The number of carbonyl (C=O) groups excluding carboxylic acids is 1. The molecular formula is C12H23ClN2O. The molecule has 0 radical (unpaired) electrons. The first kappa shape index (κ1) is 13.8. The predicted octanol–water partition coefficient (Wildman–Crippen LogP) is 1.80. The molecule has 0 aromatic carbocycles. The second-order valence-electron chi connectivity index (χ2n) is 5.01. The first-order valence-corrected chi connectivity index (χ1v) is 6.62. The molecule has 0 aromatic heterocycles. The number of carbonyl (C=O) groups is 1. The lowest BCUT2D eigenvalue weighted by Crippen LogP contribution is -2.44. The summed E-state index contributed by atoms with van der Waals surface area (Å²) in [6.07, 6.45) is 2.34. The van der Waals surface area contributed by atoms with E-state index in [0.29, 0.717) is 12.0 Å². The van der Waals surface area contributed by atoms with Crippen LogP contribution in [-0.2, 0) is 4.79 Å². The van der Waals surface area contributed by atoms with E-state index in [2.05, 4.69) is 25.8 Å². The summed E-state index contributed by atoms with van der Waals surface area (Å²) in [5.41, 5.74) is 0. The second kappa shape index (κ2) is 6.45. The Hall–Kier alpha value is -0.280. The maximum absolute atomic E-state index is 11.5. The molecule has 0 aromatic rings. The van der Waals surface area contributed by atoms with Crippen LogP contribution < -0.4 is 0 Å². The molecule has 0 spiro atoms. The van der Waals surface area contributed by atoms with Crippen molar-refractivity contribution in [2.75, 3.05) is 32.6 Å². The Labute approximate surface area is 104 Å². The van der Waals surface area contributed by atoms with Crippen molar-refractivity contribution < 1.29 is 4.79 Å². The van der Waals surface area contributed by atoms with Crippen molar-refractivity contribution in [3.63, 3.8) is 0 Å². The van der Waals surface area contributed by atoms with Gasteiger partial charge in [0.25, 0.3) is 0 Å². The topological polar surface area (TPSA) is 23.6 Å². The summed E-state index contributed by atoms with van der Waals surface area (Å²) in [5.74, 6) is 0.805. The van der Waals surface area contributed by atoms with Crippen molar-refractivity contribution in [3.8, 4) is 0 Å². The number of amides is 1. The molecule has 1 amide bonds. The van der Waals surface area contributed by atoms with Crippen LogP contribution in [0.5, 0.6) is 0 Å². The predicted molar refractivity (Wildman–Crippen MR) is 67.8 cm³/mol. The van der Waals surface area contributed by atoms with Crippen LogP contribution in [0.2, 0.25) is 0 Å². The molecule has 94 valence electrons. The highest BCUT2D eigenvalue weighted by molar-refractivity contribution is 6.27. The number of nitrogens with zero attached hydrogens (tertiary/aromatic N) is 2. The van der Waals surface area contributed by atoms with Crippen LogP contribution in [0.15, 0.2) is 0 Å². The van der Waals surface area contributed by atoms with Crippen LogP contribution in [-0.4, -0.2) is 54.3 Å². The van der Waals surface area contributed by atoms with E-state index in [1.54, 1.807) is 0 Å². The van der Waals surface area contributed by atoms with Crippen molar-refractivity contribution >= 4 is 17.5 Å². The van der Waals surface area contributed by atoms with Gasteiger partial charge in [0, 0.05) is 25.7 Å². The van der Waals surface area contributed by atoms with Crippen LogP contribution in [0.4, 0.5) is 0 Å². The highest BCUT2D eigenvalue weighted by atomic mass is 35.5. The fourth-order valence-corrected chi connectivity index (χ4v) is 2.31. The van der Waals surface area contributed by atoms with Gasteiger partial charge in [-0.05, 0) is 39.7 Å². The Bertz CT molecular complexity index is 233. The van der Waals surface area contributed by atoms with Gasteiger partial charge in [-0.25, -0.2) is 0 Å². The number of likely N-dealkylation sites (tertiary alicyclic amines) is 1. The van der Waals surface area contributed by atoms with Gasteiger partial charge < -0.3 is 9.80 Å². The fourth-order valence-electron chi connectivity index (χ4n) is 2.14. The molecule has 0 N–H and O–H groups in total. The standard InChI is InChI=1S/C12H23ClN2O/c1-10(2)14(3)8-11-5-4-6-15(9-11)12(16)7-13/h10-11H,4-9H2,1-3H3/t11-/m0/s1. The van der Waals surface area contributed by atoms with Crippen LogP contribution in [0.3, 0.4) is 0 Å². The number of rotatable bonds is 4. The average molecular weight is 247 g/mol. The average Bonchev–Trinajstić information content (AvgIpc) is 2.28. The quantitative estimate of drug-likeness (QED) is 0.707. The van der Waals surface area contributed by atoms with Crippen molar-refractivity contribution in [2.24, 2.45) is 5.92 Å². The third kappa shape index (κ3) is 3.95. The van der Waals surface area contributed by atoms with Gasteiger partial charge in [0.05, 0.1) is 0 Å². The van der Waals surface area contributed by atoms with Crippen molar-refractivity contribution in [3.05, 3.63) is 0 Å². The van der Waals surface area contributed by atoms with E-state index in [0.717, 1.165) is 26.1 Å².